The lowest BCUT2D eigenvalue weighted by molar-refractivity contribution is -0.137. The molecule has 0 fully saturated rings. The molecule has 3 nitrogen and oxygen atoms in total. The number of hydrogen-bond acceptors (Lipinski definition) is 2. The summed E-state index contributed by atoms with van der Waals surface area (Å²) in [7, 11) is 0. The quantitative estimate of drug-likeness (QED) is 0.666. The molecule has 0 aromatic heterocycles. The van der Waals surface area contributed by atoms with Crippen LogP contribution >= 0.6 is 0 Å². The molecule has 114 valence electrons. The highest BCUT2D eigenvalue weighted by molar-refractivity contribution is 6.02. The molecule has 2 aromatic carbocycles. The minimum absolute atomic E-state index is 0.0716. The van der Waals surface area contributed by atoms with Crippen molar-refractivity contribution in [1.29, 1.82) is 0 Å². The average molecular weight is 306 g/mol. The van der Waals surface area contributed by atoms with Crippen molar-refractivity contribution in [3.63, 3.8) is 0 Å². The van der Waals surface area contributed by atoms with Gasteiger partial charge in [-0.3, -0.25) is 4.79 Å². The molecule has 0 aliphatic heterocycles. The van der Waals surface area contributed by atoms with Crippen LogP contribution in [0.3, 0.4) is 0 Å². The SMILES string of the molecule is Nc1cccc(NC(=O)/C=C/c2ccccc2C(F)(F)F)c1. The number of nitrogens with two attached hydrogens (primary N) is 1. The standard InChI is InChI=1S/C16H13F3N2O/c17-16(18,19)14-7-2-1-4-11(14)8-9-15(22)21-13-6-3-5-12(20)10-13/h1-10H,20H2,(H,21,22)/b9-8+. The fourth-order valence-electron chi connectivity index (χ4n) is 1.87. The number of carbonyl (C=O) groups excluding carboxylic acids is 1. The number of carbonyl (C=O) groups is 1. The van der Waals surface area contributed by atoms with Crippen LogP contribution in [0.1, 0.15) is 11.1 Å². The molecular weight excluding hydrogens is 293 g/mol. The van der Waals surface area contributed by atoms with E-state index in [0.717, 1.165) is 18.2 Å². The van der Waals surface area contributed by atoms with Crippen molar-refractivity contribution in [3.8, 4) is 0 Å². The maximum Gasteiger partial charge on any atom is 0.416 e. The first-order valence-corrected chi connectivity index (χ1v) is 6.37. The number of alkyl halides is 3. The van der Waals surface area contributed by atoms with E-state index in [9.17, 15) is 18.0 Å². The van der Waals surface area contributed by atoms with Crippen LogP contribution in [0.25, 0.3) is 6.08 Å². The second-order valence-corrected chi connectivity index (χ2v) is 4.53. The second-order valence-electron chi connectivity index (χ2n) is 4.53. The van der Waals surface area contributed by atoms with Crippen LogP contribution < -0.4 is 11.1 Å². The number of nitrogen functional groups attached to an aromatic ring is 1. The molecular formula is C16H13F3N2O. The molecule has 2 aromatic rings. The smallest absolute Gasteiger partial charge is 0.399 e. The van der Waals surface area contributed by atoms with Gasteiger partial charge in [-0.15, -0.1) is 0 Å². The van der Waals surface area contributed by atoms with Gasteiger partial charge in [-0.1, -0.05) is 24.3 Å². The lowest BCUT2D eigenvalue weighted by Gasteiger charge is -2.09. The fourth-order valence-corrected chi connectivity index (χ4v) is 1.87. The number of rotatable bonds is 3. The molecule has 0 spiro atoms. The van der Waals surface area contributed by atoms with Gasteiger partial charge < -0.3 is 11.1 Å². The molecule has 0 heterocycles. The van der Waals surface area contributed by atoms with Crippen molar-refractivity contribution in [2.24, 2.45) is 0 Å². The average Bonchev–Trinajstić information content (AvgIpc) is 2.44. The van der Waals surface area contributed by atoms with Crippen LogP contribution in [0.2, 0.25) is 0 Å². The summed E-state index contributed by atoms with van der Waals surface area (Å²) in [5.41, 5.74) is 5.66. The lowest BCUT2D eigenvalue weighted by atomic mass is 10.1. The van der Waals surface area contributed by atoms with Crippen molar-refractivity contribution < 1.29 is 18.0 Å². The van der Waals surface area contributed by atoms with Gasteiger partial charge in [0.2, 0.25) is 5.91 Å². The maximum atomic E-state index is 12.8. The molecule has 0 bridgehead atoms. The van der Waals surface area contributed by atoms with Gasteiger partial charge in [0.1, 0.15) is 0 Å². The van der Waals surface area contributed by atoms with E-state index in [0.29, 0.717) is 11.4 Å². The van der Waals surface area contributed by atoms with E-state index >= 15 is 0 Å². The van der Waals surface area contributed by atoms with Gasteiger partial charge >= 0.3 is 6.18 Å². The first-order chi connectivity index (χ1) is 10.4. The van der Waals surface area contributed by atoms with E-state index in [1.54, 1.807) is 24.3 Å². The van der Waals surface area contributed by atoms with Gasteiger partial charge in [0.25, 0.3) is 0 Å². The van der Waals surface area contributed by atoms with Crippen molar-refractivity contribution >= 4 is 23.4 Å². The van der Waals surface area contributed by atoms with Gasteiger partial charge in [-0.2, -0.15) is 13.2 Å². The molecule has 3 N–H and O–H groups in total. The van der Waals surface area contributed by atoms with Crippen LogP contribution in [0, 0.1) is 0 Å². The van der Waals surface area contributed by atoms with E-state index in [4.69, 9.17) is 5.73 Å². The Bertz CT molecular complexity index is 709. The molecule has 6 heteroatoms. The zero-order chi connectivity index (χ0) is 16.2. The molecule has 0 aliphatic carbocycles. The largest absolute Gasteiger partial charge is 0.416 e. The van der Waals surface area contributed by atoms with E-state index in [2.05, 4.69) is 5.32 Å². The molecule has 22 heavy (non-hydrogen) atoms. The van der Waals surface area contributed by atoms with Crippen molar-refractivity contribution in [2.45, 2.75) is 6.18 Å². The molecule has 0 saturated carbocycles. The highest BCUT2D eigenvalue weighted by Gasteiger charge is 2.32. The Labute approximate surface area is 125 Å². The minimum Gasteiger partial charge on any atom is -0.399 e. The van der Waals surface area contributed by atoms with Crippen LogP contribution in [0.5, 0.6) is 0 Å². The third-order valence-electron chi connectivity index (χ3n) is 2.83. The van der Waals surface area contributed by atoms with Gasteiger partial charge in [0.15, 0.2) is 0 Å². The number of amides is 1. The third-order valence-corrected chi connectivity index (χ3v) is 2.83. The summed E-state index contributed by atoms with van der Waals surface area (Å²) in [5.74, 6) is -0.539. The highest BCUT2D eigenvalue weighted by Crippen LogP contribution is 2.32. The van der Waals surface area contributed by atoms with E-state index in [1.165, 1.54) is 18.2 Å². The van der Waals surface area contributed by atoms with Gasteiger partial charge in [-0.25, -0.2) is 0 Å². The lowest BCUT2D eigenvalue weighted by Crippen LogP contribution is -2.09. The molecule has 2 rings (SSSR count). The molecule has 0 atom stereocenters. The first-order valence-electron chi connectivity index (χ1n) is 6.37. The Morgan fingerprint density at radius 1 is 1.09 bits per heavy atom. The molecule has 0 radical (unpaired) electrons. The van der Waals surface area contributed by atoms with Crippen LogP contribution in [-0.4, -0.2) is 5.91 Å². The summed E-state index contributed by atoms with van der Waals surface area (Å²) < 4.78 is 38.4. The van der Waals surface area contributed by atoms with Crippen molar-refractivity contribution in [2.75, 3.05) is 11.1 Å². The van der Waals surface area contributed by atoms with Gasteiger partial charge in [0.05, 0.1) is 5.56 Å². The predicted molar refractivity (Wildman–Crippen MR) is 80.0 cm³/mol. The van der Waals surface area contributed by atoms with Crippen molar-refractivity contribution in [3.05, 3.63) is 65.7 Å². The Kier molecular flexibility index (Phi) is 4.50. The Hall–Kier alpha value is -2.76. The Morgan fingerprint density at radius 3 is 2.50 bits per heavy atom. The maximum absolute atomic E-state index is 12.8. The third kappa shape index (κ3) is 4.12. The summed E-state index contributed by atoms with van der Waals surface area (Å²) in [6, 6.07) is 11.5. The van der Waals surface area contributed by atoms with Crippen molar-refractivity contribution in [1.82, 2.24) is 0 Å². The monoisotopic (exact) mass is 306 g/mol. The Morgan fingerprint density at radius 2 is 1.82 bits per heavy atom. The summed E-state index contributed by atoms with van der Waals surface area (Å²) in [6.45, 7) is 0. The Balaban J connectivity index is 2.14. The van der Waals surface area contributed by atoms with E-state index in [-0.39, 0.29) is 5.56 Å². The minimum atomic E-state index is -4.47. The molecule has 0 saturated heterocycles. The number of benzene rings is 2. The fraction of sp³-hybridized carbons (Fsp3) is 0.0625. The molecule has 0 aliphatic rings. The second kappa shape index (κ2) is 6.34. The number of nitrogens with one attached hydrogen (secondary N) is 1. The summed E-state index contributed by atoms with van der Waals surface area (Å²) in [5, 5.41) is 2.52. The summed E-state index contributed by atoms with van der Waals surface area (Å²) in [4.78, 5) is 11.7. The summed E-state index contributed by atoms with van der Waals surface area (Å²) in [6.07, 6.45) is -2.29. The van der Waals surface area contributed by atoms with E-state index < -0.39 is 17.6 Å². The van der Waals surface area contributed by atoms with Gasteiger partial charge in [0, 0.05) is 17.5 Å². The zero-order valence-corrected chi connectivity index (χ0v) is 11.4. The first kappa shape index (κ1) is 15.6. The van der Waals surface area contributed by atoms with E-state index in [1.807, 2.05) is 0 Å². The molecule has 0 unspecified atom stereocenters. The number of anilines is 2. The zero-order valence-electron chi connectivity index (χ0n) is 11.4. The summed E-state index contributed by atoms with van der Waals surface area (Å²) >= 11 is 0. The van der Waals surface area contributed by atoms with Crippen LogP contribution in [0.4, 0.5) is 24.5 Å². The highest BCUT2D eigenvalue weighted by atomic mass is 19.4. The van der Waals surface area contributed by atoms with Gasteiger partial charge in [-0.05, 0) is 35.9 Å². The number of halogens is 3. The number of hydrogen-bond donors (Lipinski definition) is 2. The van der Waals surface area contributed by atoms with Crippen LogP contribution in [-0.2, 0) is 11.0 Å². The topological polar surface area (TPSA) is 55.1 Å². The van der Waals surface area contributed by atoms with Crippen LogP contribution in [0.15, 0.2) is 54.6 Å². The predicted octanol–water partition coefficient (Wildman–Crippen LogP) is 3.94. The molecule has 1 amide bonds. The normalized spacial score (nSPS) is 11.6.